The first-order valence-electron chi connectivity index (χ1n) is 6.13. The summed E-state index contributed by atoms with van der Waals surface area (Å²) in [7, 11) is -1.52. The number of aliphatic hydroxyl groups is 1. The summed E-state index contributed by atoms with van der Waals surface area (Å²) in [5.41, 5.74) is 0.548. The third kappa shape index (κ3) is 5.11. The topological polar surface area (TPSA) is 72.8 Å². The molecule has 5 nitrogen and oxygen atoms in total. The van der Waals surface area contributed by atoms with E-state index in [1.807, 2.05) is 0 Å². The summed E-state index contributed by atoms with van der Waals surface area (Å²) in [5, 5.41) is 8.73. The lowest BCUT2D eigenvalue weighted by Crippen LogP contribution is -2.15. The molecule has 110 valence electrons. The summed E-state index contributed by atoms with van der Waals surface area (Å²) < 4.78 is 33.3. The molecule has 0 aliphatic rings. The largest absolute Gasteiger partial charge is 0.497 e. The number of hydrogen-bond acceptors (Lipinski definition) is 5. The molecule has 6 heteroatoms. The third-order valence-electron chi connectivity index (χ3n) is 2.58. The van der Waals surface area contributed by atoms with Gasteiger partial charge in [-0.1, -0.05) is 18.8 Å². The van der Waals surface area contributed by atoms with Crippen LogP contribution in [0.3, 0.4) is 0 Å². The minimum absolute atomic E-state index is 0.0393. The summed E-state index contributed by atoms with van der Waals surface area (Å²) in [6.07, 6.45) is 0. The Morgan fingerprint density at radius 2 is 2.10 bits per heavy atom. The Balaban J connectivity index is 2.83. The summed E-state index contributed by atoms with van der Waals surface area (Å²) in [5.74, 6) is 6.41. The average molecular weight is 298 g/mol. The van der Waals surface area contributed by atoms with Crippen LogP contribution in [0.15, 0.2) is 18.2 Å². The van der Waals surface area contributed by atoms with Crippen molar-refractivity contribution in [3.63, 3.8) is 0 Å². The van der Waals surface area contributed by atoms with E-state index in [1.54, 1.807) is 25.1 Å². The van der Waals surface area contributed by atoms with E-state index >= 15 is 0 Å². The van der Waals surface area contributed by atoms with Crippen LogP contribution >= 0.6 is 0 Å². The monoisotopic (exact) mass is 298 g/mol. The minimum Gasteiger partial charge on any atom is -0.497 e. The molecule has 0 atom stereocenters. The fraction of sp³-hybridized carbons (Fsp3) is 0.429. The second-order valence-corrected chi connectivity index (χ2v) is 6.38. The van der Waals surface area contributed by atoms with Gasteiger partial charge in [0, 0.05) is 5.75 Å². The summed E-state index contributed by atoms with van der Waals surface area (Å²) in [4.78, 5) is 0. The predicted octanol–water partition coefficient (Wildman–Crippen LogP) is 0.853. The number of ether oxygens (including phenoxy) is 2. The van der Waals surface area contributed by atoms with Crippen molar-refractivity contribution in [3.05, 3.63) is 23.8 Å². The molecule has 0 unspecified atom stereocenters. The number of methoxy groups -OCH3 is 1. The zero-order valence-electron chi connectivity index (χ0n) is 11.5. The molecule has 0 saturated carbocycles. The van der Waals surface area contributed by atoms with Crippen molar-refractivity contribution in [3.8, 4) is 23.3 Å². The molecule has 0 radical (unpaired) electrons. The SMILES string of the molecule is CCS(=O)(=O)CCOc1ccc(OC)cc1C#CCO. The van der Waals surface area contributed by atoms with Crippen LogP contribution in [0.25, 0.3) is 0 Å². The van der Waals surface area contributed by atoms with Crippen LogP contribution in [-0.4, -0.2) is 45.4 Å². The van der Waals surface area contributed by atoms with E-state index in [0.29, 0.717) is 17.1 Å². The van der Waals surface area contributed by atoms with E-state index in [-0.39, 0.29) is 24.7 Å². The van der Waals surface area contributed by atoms with Crippen molar-refractivity contribution < 1.29 is 23.0 Å². The predicted molar refractivity (Wildman–Crippen MR) is 76.8 cm³/mol. The first-order valence-corrected chi connectivity index (χ1v) is 7.95. The summed E-state index contributed by atoms with van der Waals surface area (Å²) >= 11 is 0. The van der Waals surface area contributed by atoms with Crippen LogP contribution in [0, 0.1) is 11.8 Å². The van der Waals surface area contributed by atoms with Crippen molar-refractivity contribution in [1.29, 1.82) is 0 Å². The van der Waals surface area contributed by atoms with Crippen LogP contribution in [-0.2, 0) is 9.84 Å². The van der Waals surface area contributed by atoms with Crippen molar-refractivity contribution in [2.75, 3.05) is 31.8 Å². The molecule has 0 amide bonds. The molecule has 0 fully saturated rings. The highest BCUT2D eigenvalue weighted by molar-refractivity contribution is 7.91. The molecule has 20 heavy (non-hydrogen) atoms. The van der Waals surface area contributed by atoms with Gasteiger partial charge < -0.3 is 14.6 Å². The van der Waals surface area contributed by atoms with Gasteiger partial charge in [0.2, 0.25) is 0 Å². The average Bonchev–Trinajstić information content (AvgIpc) is 2.45. The molecule has 0 spiro atoms. The number of benzene rings is 1. The summed E-state index contributed by atoms with van der Waals surface area (Å²) in [6, 6.07) is 5.04. The van der Waals surface area contributed by atoms with E-state index in [1.165, 1.54) is 7.11 Å². The highest BCUT2D eigenvalue weighted by Gasteiger charge is 2.09. The van der Waals surface area contributed by atoms with E-state index in [0.717, 1.165) is 0 Å². The Labute approximate surface area is 119 Å². The first-order chi connectivity index (χ1) is 9.52. The maximum atomic E-state index is 11.4. The lowest BCUT2D eigenvalue weighted by atomic mass is 10.2. The minimum atomic E-state index is -3.06. The molecule has 0 saturated heterocycles. The number of hydrogen-bond donors (Lipinski definition) is 1. The molecule has 0 bridgehead atoms. The maximum absolute atomic E-state index is 11.4. The van der Waals surface area contributed by atoms with Gasteiger partial charge >= 0.3 is 0 Å². The molecule has 1 aromatic carbocycles. The van der Waals surface area contributed by atoms with Gasteiger partial charge in [0.15, 0.2) is 9.84 Å². The normalized spacial score (nSPS) is 10.6. The van der Waals surface area contributed by atoms with E-state index in [9.17, 15) is 8.42 Å². The fourth-order valence-corrected chi connectivity index (χ4v) is 2.04. The molecule has 0 heterocycles. The molecule has 0 aliphatic heterocycles. The third-order valence-corrected chi connectivity index (χ3v) is 4.25. The molecular weight excluding hydrogens is 280 g/mol. The molecule has 1 N–H and O–H groups in total. The van der Waals surface area contributed by atoms with Crippen molar-refractivity contribution in [1.82, 2.24) is 0 Å². The van der Waals surface area contributed by atoms with Crippen molar-refractivity contribution >= 4 is 9.84 Å². The number of aliphatic hydroxyl groups excluding tert-OH is 1. The zero-order chi connectivity index (χ0) is 15.0. The van der Waals surface area contributed by atoms with E-state index < -0.39 is 9.84 Å². The second kappa shape index (κ2) is 7.78. The van der Waals surface area contributed by atoms with E-state index in [2.05, 4.69) is 11.8 Å². The lowest BCUT2D eigenvalue weighted by molar-refractivity contribution is 0.338. The highest BCUT2D eigenvalue weighted by Crippen LogP contribution is 2.23. The Hall–Kier alpha value is -1.71. The Kier molecular flexibility index (Phi) is 6.36. The van der Waals surface area contributed by atoms with Crippen molar-refractivity contribution in [2.24, 2.45) is 0 Å². The fourth-order valence-electron chi connectivity index (χ4n) is 1.42. The van der Waals surface area contributed by atoms with Crippen LogP contribution in [0.1, 0.15) is 12.5 Å². The molecule has 0 aliphatic carbocycles. The second-order valence-electron chi connectivity index (χ2n) is 3.91. The Morgan fingerprint density at radius 3 is 2.70 bits per heavy atom. The van der Waals surface area contributed by atoms with E-state index in [4.69, 9.17) is 14.6 Å². The maximum Gasteiger partial charge on any atom is 0.153 e. The van der Waals surface area contributed by atoms with Gasteiger partial charge in [-0.05, 0) is 18.2 Å². The van der Waals surface area contributed by atoms with Gasteiger partial charge in [0.05, 0.1) is 18.4 Å². The van der Waals surface area contributed by atoms with Gasteiger partial charge in [-0.3, -0.25) is 0 Å². The van der Waals surface area contributed by atoms with Crippen LogP contribution in [0.2, 0.25) is 0 Å². The van der Waals surface area contributed by atoms with Gasteiger partial charge in [-0.2, -0.15) is 0 Å². The Bertz CT molecular complexity index is 596. The van der Waals surface area contributed by atoms with Crippen LogP contribution in [0.5, 0.6) is 11.5 Å². The molecule has 1 aromatic rings. The standard InChI is InChI=1S/C14H18O5S/c1-3-20(16,17)10-9-19-14-7-6-13(18-2)11-12(14)5-4-8-15/h6-7,11,15H,3,8-10H2,1-2H3. The quantitative estimate of drug-likeness (QED) is 0.788. The first kappa shape index (κ1) is 16.3. The zero-order valence-corrected chi connectivity index (χ0v) is 12.4. The molecule has 0 aromatic heterocycles. The molecular formula is C14H18O5S. The van der Waals surface area contributed by atoms with Gasteiger partial charge in [-0.15, -0.1) is 0 Å². The molecule has 1 rings (SSSR count). The van der Waals surface area contributed by atoms with Gasteiger partial charge in [-0.25, -0.2) is 8.42 Å². The number of sulfone groups is 1. The van der Waals surface area contributed by atoms with Crippen LogP contribution < -0.4 is 9.47 Å². The van der Waals surface area contributed by atoms with Crippen LogP contribution in [0.4, 0.5) is 0 Å². The number of rotatable bonds is 6. The summed E-state index contributed by atoms with van der Waals surface area (Å²) in [6.45, 7) is 1.40. The highest BCUT2D eigenvalue weighted by atomic mass is 32.2. The van der Waals surface area contributed by atoms with Crippen molar-refractivity contribution in [2.45, 2.75) is 6.92 Å². The Morgan fingerprint density at radius 1 is 1.35 bits per heavy atom. The van der Waals surface area contributed by atoms with Gasteiger partial charge in [0.25, 0.3) is 0 Å². The lowest BCUT2D eigenvalue weighted by Gasteiger charge is -2.09. The smallest absolute Gasteiger partial charge is 0.153 e. The van der Waals surface area contributed by atoms with Gasteiger partial charge in [0.1, 0.15) is 24.7 Å².